The number of aryl methyl sites for hydroxylation is 2. The zero-order chi connectivity index (χ0) is 12.3. The number of pyridine rings is 1. The number of nitrogen functional groups attached to an aromatic ring is 1. The fourth-order valence-corrected chi connectivity index (χ4v) is 1.97. The van der Waals surface area contributed by atoms with Crippen molar-refractivity contribution in [2.24, 2.45) is 0 Å². The van der Waals surface area contributed by atoms with Crippen LogP contribution in [0.3, 0.4) is 0 Å². The van der Waals surface area contributed by atoms with Gasteiger partial charge in [0.05, 0.1) is 0 Å². The summed E-state index contributed by atoms with van der Waals surface area (Å²) in [5.74, 6) is 0. The van der Waals surface area contributed by atoms with Crippen molar-refractivity contribution >= 4 is 11.4 Å². The number of hydrogen-bond acceptors (Lipinski definition) is 3. The standard InChI is InChI=1S/C14H17N3/c1-10-7-13(15)8-11(2)14(10)17-9-12-3-5-16-6-4-12/h3-8,17H,9,15H2,1-2H3. The molecule has 1 heterocycles. The molecule has 17 heavy (non-hydrogen) atoms. The van der Waals surface area contributed by atoms with Gasteiger partial charge in [0, 0.05) is 30.3 Å². The van der Waals surface area contributed by atoms with Gasteiger partial charge in [0.2, 0.25) is 0 Å². The zero-order valence-corrected chi connectivity index (χ0v) is 10.2. The van der Waals surface area contributed by atoms with Crippen molar-refractivity contribution in [3.8, 4) is 0 Å². The summed E-state index contributed by atoms with van der Waals surface area (Å²) in [7, 11) is 0. The number of nitrogens with two attached hydrogens (primary N) is 1. The van der Waals surface area contributed by atoms with Crippen LogP contribution in [0, 0.1) is 13.8 Å². The topological polar surface area (TPSA) is 50.9 Å². The first-order valence-electron chi connectivity index (χ1n) is 5.66. The quantitative estimate of drug-likeness (QED) is 0.793. The largest absolute Gasteiger partial charge is 0.399 e. The molecule has 0 radical (unpaired) electrons. The minimum atomic E-state index is 0.800. The molecule has 0 fully saturated rings. The summed E-state index contributed by atoms with van der Waals surface area (Å²) < 4.78 is 0. The van der Waals surface area contributed by atoms with E-state index in [0.717, 1.165) is 17.9 Å². The third-order valence-corrected chi connectivity index (χ3v) is 2.77. The molecule has 1 aromatic heterocycles. The van der Waals surface area contributed by atoms with E-state index in [4.69, 9.17) is 5.73 Å². The molecule has 0 aliphatic heterocycles. The Morgan fingerprint density at radius 2 is 1.71 bits per heavy atom. The Hall–Kier alpha value is -2.03. The van der Waals surface area contributed by atoms with Crippen LogP contribution in [0.5, 0.6) is 0 Å². The Morgan fingerprint density at radius 3 is 2.29 bits per heavy atom. The molecule has 0 aliphatic carbocycles. The van der Waals surface area contributed by atoms with Gasteiger partial charge in [-0.25, -0.2) is 0 Å². The molecule has 0 spiro atoms. The van der Waals surface area contributed by atoms with Crippen LogP contribution in [0.25, 0.3) is 0 Å². The lowest BCUT2D eigenvalue weighted by Crippen LogP contribution is -2.03. The van der Waals surface area contributed by atoms with Crippen LogP contribution >= 0.6 is 0 Å². The van der Waals surface area contributed by atoms with Crippen LogP contribution in [-0.4, -0.2) is 4.98 Å². The number of benzene rings is 1. The first-order chi connectivity index (χ1) is 8.16. The number of rotatable bonds is 3. The minimum Gasteiger partial charge on any atom is -0.399 e. The fourth-order valence-electron chi connectivity index (χ4n) is 1.97. The molecule has 2 rings (SSSR count). The second kappa shape index (κ2) is 4.87. The van der Waals surface area contributed by atoms with E-state index in [-0.39, 0.29) is 0 Å². The van der Waals surface area contributed by atoms with Gasteiger partial charge in [0.25, 0.3) is 0 Å². The molecule has 0 unspecified atom stereocenters. The van der Waals surface area contributed by atoms with E-state index in [1.165, 1.54) is 16.7 Å². The average molecular weight is 227 g/mol. The highest BCUT2D eigenvalue weighted by Crippen LogP contribution is 2.23. The smallest absolute Gasteiger partial charge is 0.0403 e. The molecule has 0 atom stereocenters. The number of aromatic nitrogens is 1. The predicted octanol–water partition coefficient (Wildman–Crippen LogP) is 2.89. The molecule has 3 heteroatoms. The van der Waals surface area contributed by atoms with Gasteiger partial charge in [-0.1, -0.05) is 0 Å². The molecule has 0 saturated carbocycles. The molecule has 0 aliphatic rings. The predicted molar refractivity (Wildman–Crippen MR) is 71.9 cm³/mol. The minimum absolute atomic E-state index is 0.800. The summed E-state index contributed by atoms with van der Waals surface area (Å²) in [5.41, 5.74) is 11.3. The molecule has 3 nitrogen and oxygen atoms in total. The molecule has 3 N–H and O–H groups in total. The van der Waals surface area contributed by atoms with Gasteiger partial charge in [-0.2, -0.15) is 0 Å². The Labute approximate surface area is 102 Å². The summed E-state index contributed by atoms with van der Waals surface area (Å²) in [6.07, 6.45) is 3.61. The van der Waals surface area contributed by atoms with Gasteiger partial charge in [-0.15, -0.1) is 0 Å². The summed E-state index contributed by atoms with van der Waals surface area (Å²) in [6.45, 7) is 4.94. The number of nitrogens with one attached hydrogen (secondary N) is 1. The highest BCUT2D eigenvalue weighted by Gasteiger charge is 2.03. The Balaban J connectivity index is 2.15. The van der Waals surface area contributed by atoms with Crippen LogP contribution in [0.2, 0.25) is 0 Å². The van der Waals surface area contributed by atoms with Crippen molar-refractivity contribution in [1.82, 2.24) is 4.98 Å². The van der Waals surface area contributed by atoms with Crippen molar-refractivity contribution in [2.75, 3.05) is 11.1 Å². The number of anilines is 2. The molecule has 88 valence electrons. The summed E-state index contributed by atoms with van der Waals surface area (Å²) >= 11 is 0. The van der Waals surface area contributed by atoms with E-state index < -0.39 is 0 Å². The van der Waals surface area contributed by atoms with Gasteiger partial charge in [0.1, 0.15) is 0 Å². The second-order valence-corrected chi connectivity index (χ2v) is 4.24. The monoisotopic (exact) mass is 227 g/mol. The van der Waals surface area contributed by atoms with Crippen molar-refractivity contribution in [2.45, 2.75) is 20.4 Å². The first kappa shape index (κ1) is 11.5. The number of hydrogen-bond donors (Lipinski definition) is 2. The van der Waals surface area contributed by atoms with Gasteiger partial charge in [-0.3, -0.25) is 4.98 Å². The molecular weight excluding hydrogens is 210 g/mol. The van der Waals surface area contributed by atoms with Gasteiger partial charge in [-0.05, 0) is 54.8 Å². The van der Waals surface area contributed by atoms with Crippen molar-refractivity contribution in [1.29, 1.82) is 0 Å². The zero-order valence-electron chi connectivity index (χ0n) is 10.2. The van der Waals surface area contributed by atoms with Crippen molar-refractivity contribution in [3.63, 3.8) is 0 Å². The fraction of sp³-hybridized carbons (Fsp3) is 0.214. The van der Waals surface area contributed by atoms with E-state index in [1.54, 1.807) is 12.4 Å². The Morgan fingerprint density at radius 1 is 1.12 bits per heavy atom. The maximum atomic E-state index is 5.80. The van der Waals surface area contributed by atoms with Gasteiger partial charge in [0.15, 0.2) is 0 Å². The Kier molecular flexibility index (Phi) is 3.28. The van der Waals surface area contributed by atoms with Gasteiger partial charge >= 0.3 is 0 Å². The van der Waals surface area contributed by atoms with Gasteiger partial charge < -0.3 is 11.1 Å². The molecule has 1 aromatic carbocycles. The number of nitrogens with zero attached hydrogens (tertiary/aromatic N) is 1. The normalized spacial score (nSPS) is 10.2. The lowest BCUT2D eigenvalue weighted by atomic mass is 10.1. The van der Waals surface area contributed by atoms with E-state index in [1.807, 2.05) is 24.3 Å². The lowest BCUT2D eigenvalue weighted by molar-refractivity contribution is 1.11. The molecular formula is C14H17N3. The van der Waals surface area contributed by atoms with Crippen molar-refractivity contribution in [3.05, 3.63) is 53.3 Å². The third kappa shape index (κ3) is 2.75. The molecule has 0 amide bonds. The highest BCUT2D eigenvalue weighted by atomic mass is 14.9. The van der Waals surface area contributed by atoms with Crippen LogP contribution in [-0.2, 0) is 6.54 Å². The molecule has 0 saturated heterocycles. The average Bonchev–Trinajstić information content (AvgIpc) is 2.29. The van der Waals surface area contributed by atoms with Crippen LogP contribution in [0.1, 0.15) is 16.7 Å². The molecule has 2 aromatic rings. The van der Waals surface area contributed by atoms with Crippen molar-refractivity contribution < 1.29 is 0 Å². The highest BCUT2D eigenvalue weighted by molar-refractivity contribution is 5.63. The lowest BCUT2D eigenvalue weighted by Gasteiger charge is -2.13. The summed E-state index contributed by atoms with van der Waals surface area (Å²) in [4.78, 5) is 4.00. The maximum absolute atomic E-state index is 5.80. The van der Waals surface area contributed by atoms with E-state index in [2.05, 4.69) is 24.1 Å². The maximum Gasteiger partial charge on any atom is 0.0403 e. The summed E-state index contributed by atoms with van der Waals surface area (Å²) in [6, 6.07) is 7.99. The summed E-state index contributed by atoms with van der Waals surface area (Å²) in [5, 5.41) is 3.44. The first-order valence-corrected chi connectivity index (χ1v) is 5.66. The SMILES string of the molecule is Cc1cc(N)cc(C)c1NCc1ccncc1. The van der Waals surface area contributed by atoms with E-state index in [9.17, 15) is 0 Å². The van der Waals surface area contributed by atoms with Crippen LogP contribution in [0.4, 0.5) is 11.4 Å². The second-order valence-electron chi connectivity index (χ2n) is 4.24. The van der Waals surface area contributed by atoms with Crippen LogP contribution in [0.15, 0.2) is 36.7 Å². The molecule has 0 bridgehead atoms. The van der Waals surface area contributed by atoms with E-state index >= 15 is 0 Å². The third-order valence-electron chi connectivity index (χ3n) is 2.77. The van der Waals surface area contributed by atoms with Crippen LogP contribution < -0.4 is 11.1 Å². The Bertz CT molecular complexity index is 483. The van der Waals surface area contributed by atoms with E-state index in [0.29, 0.717) is 0 Å².